The molecule has 0 aliphatic rings. The van der Waals surface area contributed by atoms with Crippen molar-refractivity contribution in [1.29, 1.82) is 0 Å². The van der Waals surface area contributed by atoms with Crippen molar-refractivity contribution in [3.8, 4) is 5.69 Å². The average molecular weight is 235 g/mol. The van der Waals surface area contributed by atoms with Gasteiger partial charge in [0, 0.05) is 7.05 Å². The number of benzene rings is 1. The second kappa shape index (κ2) is 4.08. The zero-order chi connectivity index (χ0) is 12.6. The Bertz CT molecular complexity index is 613. The lowest BCUT2D eigenvalue weighted by molar-refractivity contribution is 0.565. The standard InChI is InChI=1S/C12H14FN3O/c1-3-9-11(14)12(17)16(15(9)2)10-7-5-4-6-8(10)13/h4-7H,3,14H2,1-2H3. The number of halogens is 1. The van der Waals surface area contributed by atoms with Crippen LogP contribution in [0.4, 0.5) is 10.1 Å². The van der Waals surface area contributed by atoms with Crippen LogP contribution in [-0.2, 0) is 13.5 Å². The van der Waals surface area contributed by atoms with Crippen molar-refractivity contribution in [2.75, 3.05) is 5.73 Å². The predicted octanol–water partition coefficient (Wildman–Crippen LogP) is 1.46. The van der Waals surface area contributed by atoms with Gasteiger partial charge >= 0.3 is 0 Å². The maximum absolute atomic E-state index is 13.7. The molecule has 1 aromatic carbocycles. The molecule has 0 aliphatic carbocycles. The van der Waals surface area contributed by atoms with Crippen LogP contribution in [0.5, 0.6) is 0 Å². The van der Waals surface area contributed by atoms with Crippen molar-refractivity contribution in [3.63, 3.8) is 0 Å². The molecule has 0 saturated carbocycles. The Kier molecular flexibility index (Phi) is 2.75. The van der Waals surface area contributed by atoms with E-state index in [4.69, 9.17) is 5.73 Å². The normalized spacial score (nSPS) is 10.8. The van der Waals surface area contributed by atoms with Crippen LogP contribution in [-0.4, -0.2) is 9.36 Å². The van der Waals surface area contributed by atoms with Gasteiger partial charge in [-0.3, -0.25) is 9.48 Å². The fraction of sp³-hybridized carbons (Fsp3) is 0.250. The summed E-state index contributed by atoms with van der Waals surface area (Å²) in [4.78, 5) is 12.0. The summed E-state index contributed by atoms with van der Waals surface area (Å²) in [5.41, 5.74) is 6.45. The first kappa shape index (κ1) is 11.4. The summed E-state index contributed by atoms with van der Waals surface area (Å²) in [6, 6.07) is 6.13. The Morgan fingerprint density at radius 3 is 2.53 bits per heavy atom. The molecule has 0 amide bonds. The van der Waals surface area contributed by atoms with E-state index >= 15 is 0 Å². The minimum Gasteiger partial charge on any atom is -0.393 e. The molecule has 1 aromatic heterocycles. The van der Waals surface area contributed by atoms with Crippen LogP contribution in [0.1, 0.15) is 12.6 Å². The van der Waals surface area contributed by atoms with E-state index in [2.05, 4.69) is 0 Å². The van der Waals surface area contributed by atoms with Gasteiger partial charge in [0.05, 0.1) is 5.69 Å². The van der Waals surface area contributed by atoms with E-state index in [0.29, 0.717) is 12.1 Å². The van der Waals surface area contributed by atoms with E-state index in [-0.39, 0.29) is 16.9 Å². The highest BCUT2D eigenvalue weighted by molar-refractivity contribution is 5.45. The summed E-state index contributed by atoms with van der Waals surface area (Å²) < 4.78 is 16.5. The van der Waals surface area contributed by atoms with Crippen molar-refractivity contribution in [2.45, 2.75) is 13.3 Å². The largest absolute Gasteiger partial charge is 0.393 e. The van der Waals surface area contributed by atoms with Gasteiger partial charge in [0.1, 0.15) is 17.2 Å². The molecule has 2 rings (SSSR count). The highest BCUT2D eigenvalue weighted by Gasteiger charge is 2.16. The van der Waals surface area contributed by atoms with Gasteiger partial charge in [0.2, 0.25) is 0 Å². The number of hydrogen-bond donors (Lipinski definition) is 1. The molecular formula is C12H14FN3O. The number of nitrogens with zero attached hydrogens (tertiary/aromatic N) is 2. The van der Waals surface area contributed by atoms with Crippen LogP contribution in [0, 0.1) is 5.82 Å². The zero-order valence-electron chi connectivity index (χ0n) is 9.77. The number of nitrogens with two attached hydrogens (primary N) is 1. The molecule has 0 atom stereocenters. The minimum absolute atomic E-state index is 0.179. The molecular weight excluding hydrogens is 221 g/mol. The van der Waals surface area contributed by atoms with Crippen LogP contribution in [0.25, 0.3) is 5.69 Å². The SMILES string of the molecule is CCc1c(N)c(=O)n(-c2ccccc2F)n1C. The number of para-hydroxylation sites is 1. The number of hydrogen-bond acceptors (Lipinski definition) is 2. The Hall–Kier alpha value is -2.04. The lowest BCUT2D eigenvalue weighted by atomic mass is 10.3. The first-order chi connectivity index (χ1) is 8.07. The van der Waals surface area contributed by atoms with Gasteiger partial charge < -0.3 is 5.73 Å². The molecule has 0 aliphatic heterocycles. The Labute approximate surface area is 98.1 Å². The molecule has 17 heavy (non-hydrogen) atoms. The molecule has 0 radical (unpaired) electrons. The number of anilines is 1. The summed E-state index contributed by atoms with van der Waals surface area (Å²) in [6.07, 6.45) is 0.624. The van der Waals surface area contributed by atoms with Crippen LogP contribution >= 0.6 is 0 Å². The second-order valence-corrected chi connectivity index (χ2v) is 3.81. The van der Waals surface area contributed by atoms with Gasteiger partial charge in [0.15, 0.2) is 0 Å². The summed E-state index contributed by atoms with van der Waals surface area (Å²) in [6.45, 7) is 1.90. The fourth-order valence-electron chi connectivity index (χ4n) is 1.98. The molecule has 1 heterocycles. The molecule has 2 N–H and O–H groups in total. The van der Waals surface area contributed by atoms with Crippen molar-refractivity contribution in [2.24, 2.45) is 7.05 Å². The molecule has 0 unspecified atom stereocenters. The van der Waals surface area contributed by atoms with Gasteiger partial charge in [-0.1, -0.05) is 19.1 Å². The third kappa shape index (κ3) is 1.63. The van der Waals surface area contributed by atoms with Gasteiger partial charge in [-0.15, -0.1) is 0 Å². The monoisotopic (exact) mass is 235 g/mol. The van der Waals surface area contributed by atoms with Crippen LogP contribution < -0.4 is 11.3 Å². The first-order valence-corrected chi connectivity index (χ1v) is 5.39. The number of aromatic nitrogens is 2. The molecule has 0 bridgehead atoms. The maximum atomic E-state index is 13.7. The summed E-state index contributed by atoms with van der Waals surface area (Å²) in [5, 5.41) is 0. The summed E-state index contributed by atoms with van der Waals surface area (Å²) in [7, 11) is 1.70. The lowest BCUT2D eigenvalue weighted by Gasteiger charge is -2.09. The van der Waals surface area contributed by atoms with Gasteiger partial charge in [-0.2, -0.15) is 0 Å². The Morgan fingerprint density at radius 2 is 2.00 bits per heavy atom. The van der Waals surface area contributed by atoms with E-state index in [1.54, 1.807) is 29.9 Å². The Balaban J connectivity index is 2.78. The van der Waals surface area contributed by atoms with Crippen molar-refractivity contribution < 1.29 is 4.39 Å². The molecule has 0 spiro atoms. The van der Waals surface area contributed by atoms with Crippen molar-refractivity contribution >= 4 is 5.69 Å². The molecule has 5 heteroatoms. The third-order valence-corrected chi connectivity index (χ3v) is 2.84. The van der Waals surface area contributed by atoms with Crippen molar-refractivity contribution in [3.05, 3.63) is 46.1 Å². The highest BCUT2D eigenvalue weighted by Crippen LogP contribution is 2.15. The average Bonchev–Trinajstić information content (AvgIpc) is 2.52. The predicted molar refractivity (Wildman–Crippen MR) is 64.8 cm³/mol. The van der Waals surface area contributed by atoms with Crippen LogP contribution in [0.2, 0.25) is 0 Å². The van der Waals surface area contributed by atoms with E-state index in [1.807, 2.05) is 6.92 Å². The second-order valence-electron chi connectivity index (χ2n) is 3.81. The van der Waals surface area contributed by atoms with Gasteiger partial charge in [-0.25, -0.2) is 9.07 Å². The zero-order valence-corrected chi connectivity index (χ0v) is 9.77. The quantitative estimate of drug-likeness (QED) is 0.856. The topological polar surface area (TPSA) is 53.0 Å². The van der Waals surface area contributed by atoms with Crippen LogP contribution in [0.15, 0.2) is 29.1 Å². The molecule has 2 aromatic rings. The number of rotatable bonds is 2. The van der Waals surface area contributed by atoms with E-state index < -0.39 is 5.82 Å². The van der Waals surface area contributed by atoms with E-state index in [0.717, 1.165) is 0 Å². The van der Waals surface area contributed by atoms with Gasteiger partial charge in [-0.05, 0) is 18.6 Å². The maximum Gasteiger partial charge on any atom is 0.294 e. The summed E-state index contributed by atoms with van der Waals surface area (Å²) >= 11 is 0. The molecule has 4 nitrogen and oxygen atoms in total. The highest BCUT2D eigenvalue weighted by atomic mass is 19.1. The molecule has 0 fully saturated rings. The minimum atomic E-state index is -0.446. The van der Waals surface area contributed by atoms with Gasteiger partial charge in [0.25, 0.3) is 5.56 Å². The third-order valence-electron chi connectivity index (χ3n) is 2.84. The Morgan fingerprint density at radius 1 is 1.35 bits per heavy atom. The van der Waals surface area contributed by atoms with E-state index in [9.17, 15) is 9.18 Å². The first-order valence-electron chi connectivity index (χ1n) is 5.39. The van der Waals surface area contributed by atoms with Crippen LogP contribution in [0.3, 0.4) is 0 Å². The molecule has 0 saturated heterocycles. The lowest BCUT2D eigenvalue weighted by Crippen LogP contribution is -2.21. The fourth-order valence-corrected chi connectivity index (χ4v) is 1.98. The van der Waals surface area contributed by atoms with Crippen molar-refractivity contribution in [1.82, 2.24) is 9.36 Å². The molecule has 90 valence electrons. The smallest absolute Gasteiger partial charge is 0.294 e. The summed E-state index contributed by atoms with van der Waals surface area (Å²) in [5.74, 6) is -0.446. The van der Waals surface area contributed by atoms with E-state index in [1.165, 1.54) is 10.7 Å². The number of nitrogen functional groups attached to an aromatic ring is 1.